The van der Waals surface area contributed by atoms with Gasteiger partial charge in [-0.1, -0.05) is 26.0 Å². The maximum Gasteiger partial charge on any atom is 0.241 e. The second kappa shape index (κ2) is 7.13. The summed E-state index contributed by atoms with van der Waals surface area (Å²) in [6.07, 6.45) is 0. The lowest BCUT2D eigenvalue weighted by Crippen LogP contribution is -2.39. The van der Waals surface area contributed by atoms with Crippen LogP contribution in [-0.4, -0.2) is 17.7 Å². The second-order valence-corrected chi connectivity index (χ2v) is 4.40. The predicted octanol–water partition coefficient (Wildman–Crippen LogP) is 2.23. The van der Waals surface area contributed by atoms with Gasteiger partial charge >= 0.3 is 0 Å². The van der Waals surface area contributed by atoms with Crippen molar-refractivity contribution in [3.8, 4) is 0 Å². The molecule has 1 amide bonds. The number of nitrogens with two attached hydrogens (primary N) is 1. The average molecular weight is 271 g/mol. The minimum absolute atomic E-state index is 0. The molecule has 0 aliphatic rings. The molecule has 1 rings (SSSR count). The van der Waals surface area contributed by atoms with Crippen molar-refractivity contribution in [2.45, 2.75) is 26.8 Å². The number of halogens is 1. The largest absolute Gasteiger partial charge is 0.325 e. The van der Waals surface area contributed by atoms with Crippen molar-refractivity contribution in [1.29, 1.82) is 0 Å². The van der Waals surface area contributed by atoms with Crippen LogP contribution in [0.2, 0.25) is 0 Å². The molecule has 5 heteroatoms. The summed E-state index contributed by atoms with van der Waals surface area (Å²) in [6.45, 7) is 5.26. The van der Waals surface area contributed by atoms with Crippen molar-refractivity contribution in [3.63, 3.8) is 0 Å². The smallest absolute Gasteiger partial charge is 0.241 e. The van der Waals surface area contributed by atoms with Crippen LogP contribution in [0.25, 0.3) is 0 Å². The number of benzene rings is 1. The van der Waals surface area contributed by atoms with Gasteiger partial charge in [0, 0.05) is 11.3 Å². The summed E-state index contributed by atoms with van der Waals surface area (Å²) >= 11 is 0. The van der Waals surface area contributed by atoms with E-state index < -0.39 is 6.04 Å². The summed E-state index contributed by atoms with van der Waals surface area (Å²) in [7, 11) is 0. The SMILES string of the molecule is CC(=O)c1cccc(NC(=O)[C@H](N)C(C)C)c1.Cl. The van der Waals surface area contributed by atoms with Crippen LogP contribution in [0.4, 0.5) is 5.69 Å². The van der Waals surface area contributed by atoms with Crippen LogP contribution in [0.3, 0.4) is 0 Å². The molecule has 18 heavy (non-hydrogen) atoms. The molecule has 0 fully saturated rings. The lowest BCUT2D eigenvalue weighted by Gasteiger charge is -2.15. The highest BCUT2D eigenvalue weighted by atomic mass is 35.5. The average Bonchev–Trinajstić information content (AvgIpc) is 2.28. The zero-order valence-corrected chi connectivity index (χ0v) is 11.6. The van der Waals surface area contributed by atoms with E-state index in [0.717, 1.165) is 0 Å². The number of Topliss-reactive ketones (excluding diaryl/α,β-unsaturated/α-hetero) is 1. The molecule has 1 aromatic carbocycles. The topological polar surface area (TPSA) is 72.2 Å². The molecule has 1 aromatic rings. The Balaban J connectivity index is 0.00000289. The van der Waals surface area contributed by atoms with E-state index in [2.05, 4.69) is 5.32 Å². The van der Waals surface area contributed by atoms with Gasteiger partial charge in [-0.25, -0.2) is 0 Å². The standard InChI is InChI=1S/C13H18N2O2.ClH/c1-8(2)12(14)13(17)15-11-6-4-5-10(7-11)9(3)16;/h4-8,12H,14H2,1-3H3,(H,15,17);1H/t12-;/m1./s1. The molecule has 3 N–H and O–H groups in total. The number of ketones is 1. The van der Waals surface area contributed by atoms with E-state index in [1.54, 1.807) is 24.3 Å². The predicted molar refractivity (Wildman–Crippen MR) is 75.1 cm³/mol. The van der Waals surface area contributed by atoms with E-state index in [4.69, 9.17) is 5.73 Å². The summed E-state index contributed by atoms with van der Waals surface area (Å²) in [5, 5.41) is 2.70. The Morgan fingerprint density at radius 1 is 1.28 bits per heavy atom. The Morgan fingerprint density at radius 3 is 2.39 bits per heavy atom. The van der Waals surface area contributed by atoms with Crippen LogP contribution in [0, 0.1) is 5.92 Å². The van der Waals surface area contributed by atoms with Crippen molar-refractivity contribution in [3.05, 3.63) is 29.8 Å². The summed E-state index contributed by atoms with van der Waals surface area (Å²) < 4.78 is 0. The number of hydrogen-bond acceptors (Lipinski definition) is 3. The number of amides is 1. The zero-order valence-electron chi connectivity index (χ0n) is 10.8. The molecule has 0 radical (unpaired) electrons. The first kappa shape index (κ1) is 16.6. The number of carbonyl (C=O) groups is 2. The Labute approximate surface area is 113 Å². The maximum absolute atomic E-state index is 11.7. The molecule has 0 saturated carbocycles. The molecule has 0 aliphatic heterocycles. The van der Waals surface area contributed by atoms with Gasteiger partial charge < -0.3 is 11.1 Å². The van der Waals surface area contributed by atoms with E-state index in [1.807, 2.05) is 13.8 Å². The Bertz CT molecular complexity index is 433. The van der Waals surface area contributed by atoms with E-state index in [1.165, 1.54) is 6.92 Å². The molecular weight excluding hydrogens is 252 g/mol. The van der Waals surface area contributed by atoms with E-state index >= 15 is 0 Å². The van der Waals surface area contributed by atoms with Crippen molar-refractivity contribution in [1.82, 2.24) is 0 Å². The molecule has 0 saturated heterocycles. The van der Waals surface area contributed by atoms with Gasteiger partial charge in [-0.15, -0.1) is 12.4 Å². The van der Waals surface area contributed by atoms with E-state index in [9.17, 15) is 9.59 Å². The van der Waals surface area contributed by atoms with Gasteiger partial charge in [0.15, 0.2) is 5.78 Å². The molecule has 0 bridgehead atoms. The van der Waals surface area contributed by atoms with E-state index in [0.29, 0.717) is 11.3 Å². The van der Waals surface area contributed by atoms with Crippen molar-refractivity contribution in [2.75, 3.05) is 5.32 Å². The first-order chi connectivity index (χ1) is 7.91. The van der Waals surface area contributed by atoms with Gasteiger partial charge in [-0.05, 0) is 25.0 Å². The quantitative estimate of drug-likeness (QED) is 0.824. The summed E-state index contributed by atoms with van der Waals surface area (Å²) in [4.78, 5) is 22.9. The third-order valence-electron chi connectivity index (χ3n) is 2.56. The number of carbonyl (C=O) groups excluding carboxylic acids is 2. The highest BCUT2D eigenvalue weighted by molar-refractivity contribution is 5.98. The molecule has 0 spiro atoms. The second-order valence-electron chi connectivity index (χ2n) is 4.40. The molecule has 100 valence electrons. The fourth-order valence-corrected chi connectivity index (χ4v) is 1.34. The summed E-state index contributed by atoms with van der Waals surface area (Å²) in [5.41, 5.74) is 6.89. The van der Waals surface area contributed by atoms with Crippen LogP contribution >= 0.6 is 12.4 Å². The lowest BCUT2D eigenvalue weighted by atomic mass is 10.0. The van der Waals surface area contributed by atoms with Crippen LogP contribution in [-0.2, 0) is 4.79 Å². The van der Waals surface area contributed by atoms with Crippen LogP contribution in [0.15, 0.2) is 24.3 Å². The first-order valence-electron chi connectivity index (χ1n) is 5.59. The highest BCUT2D eigenvalue weighted by Gasteiger charge is 2.17. The van der Waals surface area contributed by atoms with Gasteiger partial charge in [0.05, 0.1) is 6.04 Å². The van der Waals surface area contributed by atoms with Gasteiger partial charge in [0.1, 0.15) is 0 Å². The minimum atomic E-state index is -0.545. The molecule has 1 atom stereocenters. The fourth-order valence-electron chi connectivity index (χ4n) is 1.34. The number of rotatable bonds is 4. The van der Waals surface area contributed by atoms with E-state index in [-0.39, 0.29) is 30.0 Å². The van der Waals surface area contributed by atoms with Crippen molar-refractivity contribution < 1.29 is 9.59 Å². The molecule has 4 nitrogen and oxygen atoms in total. The highest BCUT2D eigenvalue weighted by Crippen LogP contribution is 2.12. The Kier molecular flexibility index (Phi) is 6.58. The fraction of sp³-hybridized carbons (Fsp3) is 0.385. The van der Waals surface area contributed by atoms with Crippen LogP contribution < -0.4 is 11.1 Å². The monoisotopic (exact) mass is 270 g/mol. The number of hydrogen-bond donors (Lipinski definition) is 2. The Morgan fingerprint density at radius 2 is 1.89 bits per heavy atom. The van der Waals surface area contributed by atoms with Gasteiger partial charge in [0.25, 0.3) is 0 Å². The third kappa shape index (κ3) is 4.47. The van der Waals surface area contributed by atoms with Gasteiger partial charge in [-0.3, -0.25) is 9.59 Å². The number of nitrogens with one attached hydrogen (secondary N) is 1. The minimum Gasteiger partial charge on any atom is -0.325 e. The Hall–Kier alpha value is -1.39. The first-order valence-corrected chi connectivity index (χ1v) is 5.59. The molecule has 0 aliphatic carbocycles. The summed E-state index contributed by atoms with van der Waals surface area (Å²) in [5.74, 6) is -0.194. The van der Waals surface area contributed by atoms with Gasteiger partial charge in [0.2, 0.25) is 5.91 Å². The molecule has 0 aromatic heterocycles. The molecular formula is C13H19ClN2O2. The van der Waals surface area contributed by atoms with Crippen LogP contribution in [0.5, 0.6) is 0 Å². The van der Waals surface area contributed by atoms with Crippen LogP contribution in [0.1, 0.15) is 31.1 Å². The number of anilines is 1. The normalized spacial score (nSPS) is 11.6. The lowest BCUT2D eigenvalue weighted by molar-refractivity contribution is -0.118. The molecule has 0 heterocycles. The molecule has 0 unspecified atom stereocenters. The van der Waals surface area contributed by atoms with Gasteiger partial charge in [-0.2, -0.15) is 0 Å². The van der Waals surface area contributed by atoms with Crippen molar-refractivity contribution in [2.24, 2.45) is 11.7 Å². The maximum atomic E-state index is 11.7. The zero-order chi connectivity index (χ0) is 13.0. The third-order valence-corrected chi connectivity index (χ3v) is 2.56. The van der Waals surface area contributed by atoms with Crippen molar-refractivity contribution >= 4 is 29.8 Å². The summed E-state index contributed by atoms with van der Waals surface area (Å²) in [6, 6.07) is 6.27.